The van der Waals surface area contributed by atoms with E-state index in [1.807, 2.05) is 26.0 Å². The Morgan fingerprint density at radius 2 is 2.14 bits per heavy atom. The lowest BCUT2D eigenvalue weighted by molar-refractivity contribution is -0.126. The van der Waals surface area contributed by atoms with Crippen molar-refractivity contribution in [3.05, 3.63) is 23.3 Å². The van der Waals surface area contributed by atoms with Crippen molar-refractivity contribution in [3.8, 4) is 11.5 Å². The lowest BCUT2D eigenvalue weighted by Crippen LogP contribution is -2.53. The fourth-order valence-corrected chi connectivity index (χ4v) is 5.95. The summed E-state index contributed by atoms with van der Waals surface area (Å²) in [6.45, 7) is 5.25. The van der Waals surface area contributed by atoms with E-state index in [0.29, 0.717) is 23.6 Å². The molecule has 0 aliphatic carbocycles. The van der Waals surface area contributed by atoms with Gasteiger partial charge in [0.15, 0.2) is 11.5 Å². The Bertz CT molecular complexity index is 806. The third kappa shape index (κ3) is 2.93. The minimum Gasteiger partial charge on any atom is -0.493 e. The molecule has 4 rings (SSSR count). The first-order valence-electron chi connectivity index (χ1n) is 9.53. The third-order valence-corrected chi connectivity index (χ3v) is 7.21. The van der Waals surface area contributed by atoms with Crippen molar-refractivity contribution in [3.63, 3.8) is 0 Å². The van der Waals surface area contributed by atoms with Crippen LogP contribution in [-0.2, 0) is 9.53 Å². The van der Waals surface area contributed by atoms with E-state index < -0.39 is 10.8 Å². The van der Waals surface area contributed by atoms with Crippen LogP contribution in [0.1, 0.15) is 48.0 Å². The van der Waals surface area contributed by atoms with Crippen LogP contribution in [0.25, 0.3) is 0 Å². The first kappa shape index (κ1) is 19.4. The molecule has 1 aromatic carbocycles. The van der Waals surface area contributed by atoms with Crippen molar-refractivity contribution in [2.45, 2.75) is 49.0 Å². The minimum absolute atomic E-state index is 0.0627. The second-order valence-corrected chi connectivity index (χ2v) is 9.57. The summed E-state index contributed by atoms with van der Waals surface area (Å²) in [5.74, 6) is 0.615. The predicted molar refractivity (Wildman–Crippen MR) is 106 cm³/mol. The van der Waals surface area contributed by atoms with E-state index in [4.69, 9.17) is 14.2 Å². The molecule has 2 amide bonds. The van der Waals surface area contributed by atoms with Gasteiger partial charge in [-0.3, -0.25) is 9.59 Å². The first-order valence-corrected chi connectivity index (χ1v) is 10.4. The molecule has 0 saturated carbocycles. The van der Waals surface area contributed by atoms with E-state index >= 15 is 0 Å². The van der Waals surface area contributed by atoms with E-state index in [1.54, 1.807) is 23.8 Å². The van der Waals surface area contributed by atoms with Gasteiger partial charge in [-0.15, -0.1) is 11.8 Å². The molecule has 0 aromatic heterocycles. The number of hydrogen-bond acceptors (Lipinski definition) is 6. The van der Waals surface area contributed by atoms with Crippen LogP contribution in [0.2, 0.25) is 0 Å². The summed E-state index contributed by atoms with van der Waals surface area (Å²) in [6, 6.07) is 3.14. The maximum atomic E-state index is 13.4. The SMILES string of the molecule is COc1ccc2c(c1OC)C(=O)N1C2SC(C)(C)C1C(=O)NCC1CCCO1. The molecule has 1 N–H and O–H groups in total. The zero-order chi connectivity index (χ0) is 20.1. The number of hydrogen-bond donors (Lipinski definition) is 1. The number of fused-ring (bicyclic) bond motifs is 3. The fraction of sp³-hybridized carbons (Fsp3) is 0.600. The summed E-state index contributed by atoms with van der Waals surface area (Å²) in [5, 5.41) is 2.79. The number of ether oxygens (including phenoxy) is 3. The quantitative estimate of drug-likeness (QED) is 0.809. The molecule has 28 heavy (non-hydrogen) atoms. The van der Waals surface area contributed by atoms with Crippen LogP contribution < -0.4 is 14.8 Å². The molecule has 3 unspecified atom stereocenters. The average molecular weight is 407 g/mol. The highest BCUT2D eigenvalue weighted by atomic mass is 32.2. The summed E-state index contributed by atoms with van der Waals surface area (Å²) in [6.07, 6.45) is 2.04. The number of benzene rings is 1. The van der Waals surface area contributed by atoms with Gasteiger partial charge in [-0.2, -0.15) is 0 Å². The van der Waals surface area contributed by atoms with Crippen molar-refractivity contribution < 1.29 is 23.8 Å². The van der Waals surface area contributed by atoms with Gasteiger partial charge in [-0.05, 0) is 32.8 Å². The Labute approximate surface area is 169 Å². The van der Waals surface area contributed by atoms with E-state index in [0.717, 1.165) is 25.0 Å². The monoisotopic (exact) mass is 406 g/mol. The van der Waals surface area contributed by atoms with Crippen LogP contribution >= 0.6 is 11.8 Å². The maximum absolute atomic E-state index is 13.4. The molecule has 3 aliphatic rings. The lowest BCUT2D eigenvalue weighted by atomic mass is 10.0. The molecule has 2 fully saturated rings. The third-order valence-electron chi connectivity index (χ3n) is 5.67. The van der Waals surface area contributed by atoms with Crippen LogP contribution in [0.3, 0.4) is 0 Å². The number of nitrogens with zero attached hydrogens (tertiary/aromatic N) is 1. The summed E-state index contributed by atoms with van der Waals surface area (Å²) < 4.78 is 16.0. The Hall–Kier alpha value is -1.93. The zero-order valence-electron chi connectivity index (χ0n) is 16.6. The van der Waals surface area contributed by atoms with Gasteiger partial charge in [0.2, 0.25) is 5.91 Å². The number of nitrogens with one attached hydrogen (secondary N) is 1. The molecule has 3 aliphatic heterocycles. The maximum Gasteiger partial charge on any atom is 0.260 e. The van der Waals surface area contributed by atoms with Crippen LogP contribution in [0.15, 0.2) is 12.1 Å². The number of carbonyl (C=O) groups excluding carboxylic acids is 2. The van der Waals surface area contributed by atoms with Gasteiger partial charge in [-0.25, -0.2) is 0 Å². The first-order chi connectivity index (χ1) is 13.4. The van der Waals surface area contributed by atoms with Crippen molar-refractivity contribution >= 4 is 23.6 Å². The van der Waals surface area contributed by atoms with Crippen molar-refractivity contribution in [2.75, 3.05) is 27.4 Å². The zero-order valence-corrected chi connectivity index (χ0v) is 17.4. The van der Waals surface area contributed by atoms with Crippen LogP contribution in [0.4, 0.5) is 0 Å². The molecule has 7 nitrogen and oxygen atoms in total. The smallest absolute Gasteiger partial charge is 0.260 e. The molecule has 8 heteroatoms. The molecular weight excluding hydrogens is 380 g/mol. The van der Waals surface area contributed by atoms with Gasteiger partial charge in [0, 0.05) is 23.5 Å². The molecule has 2 saturated heterocycles. The van der Waals surface area contributed by atoms with Gasteiger partial charge in [0.05, 0.1) is 25.9 Å². The Morgan fingerprint density at radius 3 is 2.79 bits per heavy atom. The summed E-state index contributed by atoms with van der Waals surface area (Å²) in [7, 11) is 3.07. The highest BCUT2D eigenvalue weighted by Crippen LogP contribution is 2.58. The second-order valence-electron chi connectivity index (χ2n) is 7.83. The van der Waals surface area contributed by atoms with Gasteiger partial charge in [0.1, 0.15) is 11.4 Å². The van der Waals surface area contributed by atoms with Gasteiger partial charge in [-0.1, -0.05) is 6.07 Å². The Balaban J connectivity index is 1.63. The van der Waals surface area contributed by atoms with E-state index in [1.165, 1.54) is 7.11 Å². The predicted octanol–water partition coefficient (Wildman–Crippen LogP) is 2.35. The van der Waals surface area contributed by atoms with E-state index in [9.17, 15) is 9.59 Å². The number of methoxy groups -OCH3 is 2. The Kier molecular flexibility index (Phi) is 4.95. The van der Waals surface area contributed by atoms with E-state index in [-0.39, 0.29) is 23.3 Å². The molecule has 0 bridgehead atoms. The van der Waals surface area contributed by atoms with Crippen LogP contribution in [0.5, 0.6) is 11.5 Å². The molecule has 0 spiro atoms. The second kappa shape index (κ2) is 7.15. The van der Waals surface area contributed by atoms with Crippen molar-refractivity contribution in [1.82, 2.24) is 10.2 Å². The minimum atomic E-state index is -0.570. The number of carbonyl (C=O) groups is 2. The number of thioether (sulfide) groups is 1. The highest BCUT2D eigenvalue weighted by molar-refractivity contribution is 8.01. The standard InChI is InChI=1S/C20H26N2O5S/c1-20(2)16(17(23)21-10-11-6-5-9-27-11)22-18(24)14-12(19(22)28-20)7-8-13(25-3)15(14)26-4/h7-8,11,16,19H,5-6,9-10H2,1-4H3,(H,21,23). The molecule has 3 heterocycles. The molecular formula is C20H26N2O5S. The number of amides is 2. The normalized spacial score (nSPS) is 27.5. The number of rotatable bonds is 5. The Morgan fingerprint density at radius 1 is 1.36 bits per heavy atom. The van der Waals surface area contributed by atoms with Gasteiger partial charge < -0.3 is 24.4 Å². The average Bonchev–Trinajstić information content (AvgIpc) is 3.34. The molecule has 3 atom stereocenters. The van der Waals surface area contributed by atoms with E-state index in [2.05, 4.69) is 5.32 Å². The molecule has 152 valence electrons. The van der Waals surface area contributed by atoms with Crippen molar-refractivity contribution in [2.24, 2.45) is 0 Å². The fourth-order valence-electron chi connectivity index (χ4n) is 4.37. The van der Waals surface area contributed by atoms with Crippen LogP contribution in [0, 0.1) is 0 Å². The topological polar surface area (TPSA) is 77.1 Å². The highest BCUT2D eigenvalue weighted by Gasteiger charge is 2.58. The largest absolute Gasteiger partial charge is 0.493 e. The van der Waals surface area contributed by atoms with Gasteiger partial charge in [0.25, 0.3) is 5.91 Å². The van der Waals surface area contributed by atoms with Crippen LogP contribution in [-0.4, -0.2) is 61.0 Å². The lowest BCUT2D eigenvalue weighted by Gasteiger charge is -2.30. The molecule has 1 aromatic rings. The van der Waals surface area contributed by atoms with Crippen molar-refractivity contribution in [1.29, 1.82) is 0 Å². The molecule has 0 radical (unpaired) electrons. The summed E-state index contributed by atoms with van der Waals surface area (Å²) >= 11 is 1.63. The van der Waals surface area contributed by atoms with Gasteiger partial charge >= 0.3 is 0 Å². The summed E-state index contributed by atoms with van der Waals surface area (Å²) in [4.78, 5) is 28.2. The summed E-state index contributed by atoms with van der Waals surface area (Å²) in [5.41, 5.74) is 1.36.